The van der Waals surface area contributed by atoms with Gasteiger partial charge in [-0.25, -0.2) is 0 Å². The van der Waals surface area contributed by atoms with Crippen LogP contribution in [0.15, 0.2) is 88.9 Å². The summed E-state index contributed by atoms with van der Waals surface area (Å²) < 4.78 is 0.849. The van der Waals surface area contributed by atoms with Crippen molar-refractivity contribution >= 4 is 45.0 Å². The van der Waals surface area contributed by atoms with Crippen molar-refractivity contribution in [1.29, 1.82) is 0 Å². The highest BCUT2D eigenvalue weighted by Gasteiger charge is 2.45. The molecule has 0 radical (unpaired) electrons. The van der Waals surface area contributed by atoms with E-state index >= 15 is 0 Å². The average molecular weight is 497 g/mol. The van der Waals surface area contributed by atoms with E-state index in [1.165, 1.54) is 4.90 Å². The van der Waals surface area contributed by atoms with Crippen molar-refractivity contribution < 1.29 is 14.7 Å². The molecule has 1 N–H and O–H groups in total. The summed E-state index contributed by atoms with van der Waals surface area (Å²) in [6.45, 7) is 0.346. The Hall–Kier alpha value is -2.89. The van der Waals surface area contributed by atoms with Crippen molar-refractivity contribution in [3.8, 4) is 0 Å². The van der Waals surface area contributed by atoms with Crippen LogP contribution in [0.2, 0.25) is 5.02 Å². The first-order valence-electron chi connectivity index (χ1n) is 9.79. The molecular weight excluding hydrogens is 478 g/mol. The van der Waals surface area contributed by atoms with Crippen LogP contribution in [0.3, 0.4) is 0 Å². The summed E-state index contributed by atoms with van der Waals surface area (Å²) in [6.07, 6.45) is 0.594. The van der Waals surface area contributed by atoms with Crippen LogP contribution in [0.4, 0.5) is 0 Å². The number of nitrogens with zero attached hydrogens (tertiary/aromatic N) is 1. The Balaban J connectivity index is 1.78. The maximum absolute atomic E-state index is 13.0. The van der Waals surface area contributed by atoms with E-state index in [2.05, 4.69) is 15.9 Å². The molecule has 6 heteroatoms. The summed E-state index contributed by atoms with van der Waals surface area (Å²) in [6, 6.07) is 23.0. The van der Waals surface area contributed by atoms with Crippen molar-refractivity contribution in [3.63, 3.8) is 0 Å². The number of hydrogen-bond acceptors (Lipinski definition) is 3. The predicted molar refractivity (Wildman–Crippen MR) is 125 cm³/mol. The number of likely N-dealkylation sites (tertiary alicyclic amines) is 1. The summed E-state index contributed by atoms with van der Waals surface area (Å²) >= 11 is 9.42. The van der Waals surface area contributed by atoms with Crippen LogP contribution >= 0.6 is 27.5 Å². The minimum absolute atomic E-state index is 0.0858. The van der Waals surface area contributed by atoms with Crippen molar-refractivity contribution in [1.82, 2.24) is 4.90 Å². The van der Waals surface area contributed by atoms with Gasteiger partial charge in [-0.05, 0) is 41.8 Å². The zero-order chi connectivity index (χ0) is 22.0. The van der Waals surface area contributed by atoms with E-state index in [1.807, 2.05) is 30.3 Å². The molecule has 31 heavy (non-hydrogen) atoms. The Labute approximate surface area is 193 Å². The molecule has 3 aromatic rings. The highest BCUT2D eigenvalue weighted by molar-refractivity contribution is 9.10. The second kappa shape index (κ2) is 9.08. The molecule has 1 fully saturated rings. The zero-order valence-corrected chi connectivity index (χ0v) is 18.8. The first-order valence-corrected chi connectivity index (χ1v) is 11.0. The molecule has 0 aromatic heterocycles. The Morgan fingerprint density at radius 1 is 0.935 bits per heavy atom. The normalized spacial score (nSPS) is 17.9. The molecule has 0 spiro atoms. The number of Topliss-reactive ketones (excluding diaryl/α,β-unsaturated/α-hetero) is 1. The molecule has 0 saturated carbocycles. The molecule has 1 saturated heterocycles. The van der Waals surface area contributed by atoms with Crippen LogP contribution in [-0.4, -0.2) is 28.2 Å². The van der Waals surface area contributed by atoms with Gasteiger partial charge < -0.3 is 10.0 Å². The van der Waals surface area contributed by atoms with Gasteiger partial charge in [-0.15, -0.1) is 0 Å². The fourth-order valence-corrected chi connectivity index (χ4v) is 4.15. The third kappa shape index (κ3) is 4.43. The lowest BCUT2D eigenvalue weighted by Crippen LogP contribution is -2.31. The van der Waals surface area contributed by atoms with Crippen molar-refractivity contribution in [2.45, 2.75) is 12.5 Å². The fraction of sp³-hybridized carbons (Fsp3) is 0.120. The number of carbonyl (C=O) groups is 2. The van der Waals surface area contributed by atoms with E-state index < -0.39 is 17.7 Å². The minimum Gasteiger partial charge on any atom is -0.507 e. The van der Waals surface area contributed by atoms with Crippen LogP contribution in [0, 0.1) is 0 Å². The van der Waals surface area contributed by atoms with Crippen LogP contribution in [0.5, 0.6) is 0 Å². The van der Waals surface area contributed by atoms with E-state index in [0.717, 1.165) is 15.6 Å². The number of ketones is 1. The number of rotatable bonds is 5. The number of hydrogen-bond donors (Lipinski definition) is 1. The molecule has 4 nitrogen and oxygen atoms in total. The first kappa shape index (κ1) is 21.3. The molecule has 156 valence electrons. The number of aliphatic hydroxyl groups excluding tert-OH is 1. The Morgan fingerprint density at radius 3 is 2.23 bits per heavy atom. The largest absolute Gasteiger partial charge is 0.507 e. The van der Waals surface area contributed by atoms with Gasteiger partial charge in [-0.1, -0.05) is 82.1 Å². The van der Waals surface area contributed by atoms with Gasteiger partial charge in [-0.3, -0.25) is 9.59 Å². The molecule has 4 rings (SSSR count). The van der Waals surface area contributed by atoms with Gasteiger partial charge in [0.2, 0.25) is 0 Å². The topological polar surface area (TPSA) is 57.6 Å². The Morgan fingerprint density at radius 2 is 1.58 bits per heavy atom. The highest BCUT2D eigenvalue weighted by atomic mass is 79.9. The first-order chi connectivity index (χ1) is 15.0. The molecule has 0 bridgehead atoms. The molecule has 1 unspecified atom stereocenters. The number of halogens is 2. The summed E-state index contributed by atoms with van der Waals surface area (Å²) in [5, 5.41) is 11.6. The smallest absolute Gasteiger partial charge is 0.295 e. The Bertz CT molecular complexity index is 1140. The van der Waals surface area contributed by atoms with Crippen LogP contribution < -0.4 is 0 Å². The second-order valence-corrected chi connectivity index (χ2v) is 8.64. The minimum atomic E-state index is -0.690. The number of aliphatic hydroxyl groups is 1. The van der Waals surface area contributed by atoms with Gasteiger partial charge in [0.25, 0.3) is 11.7 Å². The molecule has 1 amide bonds. The van der Waals surface area contributed by atoms with Gasteiger partial charge in [0, 0.05) is 21.6 Å². The summed E-state index contributed by atoms with van der Waals surface area (Å²) in [5.74, 6) is -1.49. The maximum Gasteiger partial charge on any atom is 0.295 e. The van der Waals surface area contributed by atoms with Crippen LogP contribution in [-0.2, 0) is 16.0 Å². The monoisotopic (exact) mass is 495 g/mol. The van der Waals surface area contributed by atoms with E-state index in [1.54, 1.807) is 48.5 Å². The summed E-state index contributed by atoms with van der Waals surface area (Å²) in [5.41, 5.74) is 2.34. The van der Waals surface area contributed by atoms with Gasteiger partial charge >= 0.3 is 0 Å². The van der Waals surface area contributed by atoms with Crippen molar-refractivity contribution in [2.75, 3.05) is 6.54 Å². The summed E-state index contributed by atoms with van der Waals surface area (Å²) in [4.78, 5) is 27.5. The van der Waals surface area contributed by atoms with E-state index in [0.29, 0.717) is 23.6 Å². The third-order valence-electron chi connectivity index (χ3n) is 5.33. The molecule has 1 aliphatic heterocycles. The summed E-state index contributed by atoms with van der Waals surface area (Å²) in [7, 11) is 0. The zero-order valence-electron chi connectivity index (χ0n) is 16.5. The van der Waals surface area contributed by atoms with Gasteiger partial charge in [0.1, 0.15) is 5.76 Å². The second-order valence-electron chi connectivity index (χ2n) is 7.29. The van der Waals surface area contributed by atoms with E-state index in [4.69, 9.17) is 11.6 Å². The number of benzene rings is 3. The maximum atomic E-state index is 13.0. The Kier molecular flexibility index (Phi) is 6.25. The molecular formula is C25H19BrClNO3. The molecule has 3 aromatic carbocycles. The standard InChI is InChI=1S/C25H19BrClNO3/c26-19-10-6-18(7-11-19)23(29)21-22(17-8-12-20(27)13-9-17)28(25(31)24(21)30)15-14-16-4-2-1-3-5-16/h1-13,22,29H,14-15H2. The van der Waals surface area contributed by atoms with Crippen molar-refractivity contribution in [2.24, 2.45) is 0 Å². The number of amides is 1. The van der Waals surface area contributed by atoms with E-state index in [9.17, 15) is 14.7 Å². The molecule has 0 aliphatic carbocycles. The predicted octanol–water partition coefficient (Wildman–Crippen LogP) is 5.77. The van der Waals surface area contributed by atoms with Crippen molar-refractivity contribution in [3.05, 3.63) is 111 Å². The lowest BCUT2D eigenvalue weighted by atomic mass is 9.95. The van der Waals surface area contributed by atoms with E-state index in [-0.39, 0.29) is 11.3 Å². The molecule has 1 atom stereocenters. The number of carbonyl (C=O) groups excluding carboxylic acids is 2. The van der Waals surface area contributed by atoms with Gasteiger partial charge in [-0.2, -0.15) is 0 Å². The average Bonchev–Trinajstić information content (AvgIpc) is 3.04. The lowest BCUT2D eigenvalue weighted by Gasteiger charge is -2.25. The quantitative estimate of drug-likeness (QED) is 0.277. The third-order valence-corrected chi connectivity index (χ3v) is 6.11. The van der Waals surface area contributed by atoms with Gasteiger partial charge in [0.15, 0.2) is 0 Å². The molecule has 1 aliphatic rings. The lowest BCUT2D eigenvalue weighted by molar-refractivity contribution is -0.139. The van der Waals surface area contributed by atoms with Gasteiger partial charge in [0.05, 0.1) is 11.6 Å². The highest BCUT2D eigenvalue weighted by Crippen LogP contribution is 2.39. The fourth-order valence-electron chi connectivity index (χ4n) is 3.76. The van der Waals surface area contributed by atoms with Crippen LogP contribution in [0.1, 0.15) is 22.7 Å². The van der Waals surface area contributed by atoms with Crippen LogP contribution in [0.25, 0.3) is 5.76 Å². The molecule has 1 heterocycles. The SMILES string of the molecule is O=C1C(=O)N(CCc2ccccc2)C(c2ccc(Cl)cc2)C1=C(O)c1ccc(Br)cc1.